The van der Waals surface area contributed by atoms with Gasteiger partial charge < -0.3 is 21.1 Å². The van der Waals surface area contributed by atoms with Crippen molar-refractivity contribution in [2.75, 3.05) is 31.7 Å². The van der Waals surface area contributed by atoms with Gasteiger partial charge in [0, 0.05) is 18.1 Å². The molecule has 0 aliphatic carbocycles. The van der Waals surface area contributed by atoms with Crippen molar-refractivity contribution in [2.45, 2.75) is 17.3 Å². The lowest BCUT2D eigenvalue weighted by molar-refractivity contribution is -0.129. The van der Waals surface area contributed by atoms with Gasteiger partial charge in [0.2, 0.25) is 5.91 Å². The third kappa shape index (κ3) is 5.99. The summed E-state index contributed by atoms with van der Waals surface area (Å²) in [6.07, 6.45) is 0. The summed E-state index contributed by atoms with van der Waals surface area (Å²) in [7, 11) is 1.72. The molecule has 0 bridgehead atoms. The van der Waals surface area contributed by atoms with Crippen LogP contribution in [0.4, 0.5) is 11.6 Å². The van der Waals surface area contributed by atoms with E-state index in [1.165, 1.54) is 17.8 Å². The number of anilines is 2. The number of nitrogens with two attached hydrogens (primary N) is 2. The Morgan fingerprint density at radius 2 is 1.88 bits per heavy atom. The fraction of sp³-hybridized carbons (Fsp3) is 0.312. The number of nitrogen functional groups attached to an aromatic ring is 2. The molecule has 1 aromatic heterocycles. The number of aromatic nitrogens is 2. The number of rotatable bonds is 7. The van der Waals surface area contributed by atoms with Crippen molar-refractivity contribution in [1.29, 1.82) is 0 Å². The number of thioether (sulfide) groups is 1. The molecule has 1 amide bonds. The van der Waals surface area contributed by atoms with Crippen LogP contribution >= 0.6 is 23.4 Å². The van der Waals surface area contributed by atoms with E-state index in [0.717, 1.165) is 0 Å². The molecule has 9 heteroatoms. The van der Waals surface area contributed by atoms with E-state index in [2.05, 4.69) is 9.97 Å². The summed E-state index contributed by atoms with van der Waals surface area (Å²) in [6.45, 7) is 2.61. The van der Waals surface area contributed by atoms with Crippen LogP contribution in [0.15, 0.2) is 35.5 Å². The Hall–Kier alpha value is -2.19. The minimum absolute atomic E-state index is 0.0608. The Labute approximate surface area is 155 Å². The van der Waals surface area contributed by atoms with Gasteiger partial charge in [-0.1, -0.05) is 23.4 Å². The highest BCUT2D eigenvalue weighted by Crippen LogP contribution is 2.22. The van der Waals surface area contributed by atoms with Crippen molar-refractivity contribution >= 4 is 40.9 Å². The quantitative estimate of drug-likeness (QED) is 0.559. The summed E-state index contributed by atoms with van der Waals surface area (Å²) in [4.78, 5) is 22.2. The molecule has 0 aliphatic rings. The van der Waals surface area contributed by atoms with Crippen molar-refractivity contribution in [3.63, 3.8) is 0 Å². The number of carbonyl (C=O) groups excluding carboxylic acids is 1. The zero-order valence-electron chi connectivity index (χ0n) is 14.0. The number of hydrogen-bond acceptors (Lipinski definition) is 7. The summed E-state index contributed by atoms with van der Waals surface area (Å²) in [5, 5.41) is 0.654. The molecule has 2 rings (SSSR count). The number of likely N-dealkylation sites (N-methyl/N-ethyl adjacent to an activating group) is 1. The fourth-order valence-corrected chi connectivity index (χ4v) is 3.01. The highest BCUT2D eigenvalue weighted by atomic mass is 35.5. The Balaban J connectivity index is 1.82. The van der Waals surface area contributed by atoms with Gasteiger partial charge in [-0.25, -0.2) is 9.97 Å². The predicted molar refractivity (Wildman–Crippen MR) is 101 cm³/mol. The summed E-state index contributed by atoms with van der Waals surface area (Å²) in [5.41, 5.74) is 11.3. The Bertz CT molecular complexity index is 709. The van der Waals surface area contributed by atoms with Gasteiger partial charge in [0.1, 0.15) is 24.0 Å². The van der Waals surface area contributed by atoms with Crippen LogP contribution in [-0.2, 0) is 4.79 Å². The van der Waals surface area contributed by atoms with Gasteiger partial charge in [0.05, 0.1) is 11.8 Å². The summed E-state index contributed by atoms with van der Waals surface area (Å²) in [6, 6.07) is 8.54. The molecule has 7 nitrogen and oxygen atoms in total. The molecule has 0 radical (unpaired) electrons. The van der Waals surface area contributed by atoms with E-state index in [-0.39, 0.29) is 22.8 Å². The second kappa shape index (κ2) is 8.77. The molecule has 0 unspecified atom stereocenters. The Kier molecular flexibility index (Phi) is 6.72. The summed E-state index contributed by atoms with van der Waals surface area (Å²) >= 11 is 7.03. The van der Waals surface area contributed by atoms with E-state index >= 15 is 0 Å². The van der Waals surface area contributed by atoms with Crippen molar-refractivity contribution < 1.29 is 9.53 Å². The number of halogens is 1. The van der Waals surface area contributed by atoms with Crippen LogP contribution in [0.1, 0.15) is 6.92 Å². The van der Waals surface area contributed by atoms with Crippen LogP contribution in [0.3, 0.4) is 0 Å². The van der Waals surface area contributed by atoms with Crippen LogP contribution in [-0.4, -0.2) is 46.2 Å². The molecule has 0 saturated heterocycles. The lowest BCUT2D eigenvalue weighted by atomic mass is 10.3. The van der Waals surface area contributed by atoms with Crippen molar-refractivity contribution in [3.8, 4) is 5.75 Å². The molecule has 1 heterocycles. The first-order valence-corrected chi connectivity index (χ1v) is 8.81. The molecular formula is C16H20ClN5O2S. The first-order chi connectivity index (χ1) is 11.8. The summed E-state index contributed by atoms with van der Waals surface area (Å²) in [5.74, 6) is 1.20. The predicted octanol–water partition coefficient (Wildman–Crippen LogP) is 2.31. The molecule has 0 spiro atoms. The molecule has 1 atom stereocenters. The summed E-state index contributed by atoms with van der Waals surface area (Å²) < 4.78 is 5.59. The average Bonchev–Trinajstić information content (AvgIpc) is 2.54. The molecule has 1 aromatic carbocycles. The first kappa shape index (κ1) is 19.1. The molecule has 0 aliphatic heterocycles. The normalized spacial score (nSPS) is 11.8. The molecule has 0 saturated carbocycles. The lowest BCUT2D eigenvalue weighted by Gasteiger charge is -2.21. The van der Waals surface area contributed by atoms with E-state index in [9.17, 15) is 4.79 Å². The van der Waals surface area contributed by atoms with Gasteiger partial charge in [0.15, 0.2) is 5.16 Å². The number of ether oxygens (including phenoxy) is 1. The SMILES string of the molecule is C[C@H](Sc1nc(N)cc(N)n1)C(=O)N(C)CCOc1ccc(Cl)cc1. The van der Waals surface area contributed by atoms with Crippen LogP contribution in [0.5, 0.6) is 5.75 Å². The third-order valence-electron chi connectivity index (χ3n) is 3.26. The highest BCUT2D eigenvalue weighted by molar-refractivity contribution is 8.00. The van der Waals surface area contributed by atoms with Crippen LogP contribution in [0.2, 0.25) is 5.02 Å². The zero-order chi connectivity index (χ0) is 18.4. The van der Waals surface area contributed by atoms with E-state index < -0.39 is 0 Å². The van der Waals surface area contributed by atoms with Gasteiger partial charge in [-0.15, -0.1) is 0 Å². The number of nitrogens with zero attached hydrogens (tertiary/aromatic N) is 3. The number of amides is 1. The topological polar surface area (TPSA) is 107 Å². The first-order valence-electron chi connectivity index (χ1n) is 7.55. The van der Waals surface area contributed by atoms with E-state index in [4.69, 9.17) is 27.8 Å². The van der Waals surface area contributed by atoms with Crippen LogP contribution in [0, 0.1) is 0 Å². The third-order valence-corrected chi connectivity index (χ3v) is 4.46. The molecule has 2 aromatic rings. The maximum Gasteiger partial charge on any atom is 0.235 e. The van der Waals surface area contributed by atoms with Gasteiger partial charge >= 0.3 is 0 Å². The van der Waals surface area contributed by atoms with E-state index in [0.29, 0.717) is 29.1 Å². The minimum Gasteiger partial charge on any atom is -0.492 e. The van der Waals surface area contributed by atoms with Crippen molar-refractivity contribution in [1.82, 2.24) is 14.9 Å². The van der Waals surface area contributed by atoms with Gasteiger partial charge in [0.25, 0.3) is 0 Å². The second-order valence-corrected chi connectivity index (χ2v) is 7.07. The van der Waals surface area contributed by atoms with E-state index in [1.807, 2.05) is 0 Å². The minimum atomic E-state index is -0.373. The van der Waals surface area contributed by atoms with Gasteiger partial charge in [-0.3, -0.25) is 4.79 Å². The number of benzene rings is 1. The smallest absolute Gasteiger partial charge is 0.235 e. The average molecular weight is 382 g/mol. The molecule has 25 heavy (non-hydrogen) atoms. The standard InChI is InChI=1S/C16H20ClN5O2S/c1-10(25-16-20-13(18)9-14(19)21-16)15(23)22(2)7-8-24-12-5-3-11(17)4-6-12/h3-6,9-10H,7-8H2,1-2H3,(H4,18,19,20,21)/t10-/m0/s1. The highest BCUT2D eigenvalue weighted by Gasteiger charge is 2.20. The second-order valence-electron chi connectivity index (χ2n) is 5.32. The monoisotopic (exact) mass is 381 g/mol. The Morgan fingerprint density at radius 1 is 1.28 bits per heavy atom. The molecule has 134 valence electrons. The van der Waals surface area contributed by atoms with Gasteiger partial charge in [-0.05, 0) is 31.2 Å². The largest absolute Gasteiger partial charge is 0.492 e. The molecular weight excluding hydrogens is 362 g/mol. The van der Waals surface area contributed by atoms with Crippen LogP contribution < -0.4 is 16.2 Å². The lowest BCUT2D eigenvalue weighted by Crippen LogP contribution is -2.36. The number of hydrogen-bond donors (Lipinski definition) is 2. The van der Waals surface area contributed by atoms with E-state index in [1.54, 1.807) is 43.1 Å². The van der Waals surface area contributed by atoms with Crippen molar-refractivity contribution in [3.05, 3.63) is 35.4 Å². The zero-order valence-corrected chi connectivity index (χ0v) is 15.5. The van der Waals surface area contributed by atoms with Crippen molar-refractivity contribution in [2.24, 2.45) is 0 Å². The molecule has 0 fully saturated rings. The maximum atomic E-state index is 12.4. The number of carbonyl (C=O) groups is 1. The molecule has 4 N–H and O–H groups in total. The van der Waals surface area contributed by atoms with Crippen LogP contribution in [0.25, 0.3) is 0 Å². The maximum absolute atomic E-state index is 12.4. The fourth-order valence-electron chi connectivity index (χ4n) is 1.97. The Morgan fingerprint density at radius 3 is 2.48 bits per heavy atom. The van der Waals surface area contributed by atoms with Gasteiger partial charge in [-0.2, -0.15) is 0 Å².